The SMILES string of the molecule is C=NC(N=C)(c1ccc(C(C#N)C#N)cc1)c1ccc(N(C)C)cc1.CC.CC. The summed E-state index contributed by atoms with van der Waals surface area (Å²) in [5, 5.41) is 18.0. The normalized spacial score (nSPS) is 9.55. The number of benzene rings is 2. The lowest BCUT2D eigenvalue weighted by Gasteiger charge is -2.27. The van der Waals surface area contributed by atoms with Crippen LogP contribution in [0.3, 0.4) is 0 Å². The molecule has 0 aliphatic carbocycles. The highest BCUT2D eigenvalue weighted by Crippen LogP contribution is 2.36. The molecule has 0 bridgehead atoms. The van der Waals surface area contributed by atoms with Crippen LogP contribution in [0.2, 0.25) is 0 Å². The summed E-state index contributed by atoms with van der Waals surface area (Å²) in [4.78, 5) is 10.5. The first-order chi connectivity index (χ1) is 14.0. The summed E-state index contributed by atoms with van der Waals surface area (Å²) in [5.74, 6) is -0.795. The maximum atomic E-state index is 9.02. The Morgan fingerprint density at radius 1 is 0.793 bits per heavy atom. The molecule has 2 rings (SSSR count). The third kappa shape index (κ3) is 5.77. The van der Waals surface area contributed by atoms with Crippen molar-refractivity contribution in [1.82, 2.24) is 0 Å². The van der Waals surface area contributed by atoms with Gasteiger partial charge in [-0.3, -0.25) is 9.98 Å². The van der Waals surface area contributed by atoms with Crippen molar-refractivity contribution in [3.8, 4) is 12.1 Å². The molecule has 29 heavy (non-hydrogen) atoms. The number of aliphatic imine (C=N–C) groups is 2. The molecule has 152 valence electrons. The molecule has 2 aromatic carbocycles. The zero-order valence-corrected chi connectivity index (χ0v) is 18.3. The summed E-state index contributed by atoms with van der Waals surface area (Å²) in [7, 11) is 3.94. The lowest BCUT2D eigenvalue weighted by Crippen LogP contribution is -2.22. The summed E-state index contributed by atoms with van der Waals surface area (Å²) in [5.41, 5.74) is 2.28. The van der Waals surface area contributed by atoms with E-state index in [1.54, 1.807) is 24.3 Å². The molecule has 0 spiro atoms. The smallest absolute Gasteiger partial charge is 0.199 e. The molecule has 0 saturated carbocycles. The van der Waals surface area contributed by atoms with E-state index in [0.717, 1.165) is 16.8 Å². The van der Waals surface area contributed by atoms with Gasteiger partial charge in [-0.05, 0) is 31.1 Å². The molecule has 0 aliphatic heterocycles. The lowest BCUT2D eigenvalue weighted by atomic mass is 9.90. The fraction of sp³-hybridized carbons (Fsp3) is 0.333. The zero-order valence-electron chi connectivity index (χ0n) is 18.3. The second-order valence-electron chi connectivity index (χ2n) is 5.74. The van der Waals surface area contributed by atoms with Crippen LogP contribution in [-0.4, -0.2) is 27.5 Å². The molecule has 0 atom stereocenters. The fourth-order valence-electron chi connectivity index (χ4n) is 2.66. The second kappa shape index (κ2) is 12.9. The number of hydrogen-bond acceptors (Lipinski definition) is 5. The van der Waals surface area contributed by atoms with E-state index in [4.69, 9.17) is 10.5 Å². The van der Waals surface area contributed by atoms with E-state index in [0.29, 0.717) is 5.56 Å². The van der Waals surface area contributed by atoms with E-state index in [-0.39, 0.29) is 0 Å². The molecule has 0 heterocycles. The predicted octanol–water partition coefficient (Wildman–Crippen LogP) is 5.54. The van der Waals surface area contributed by atoms with Gasteiger partial charge in [0.15, 0.2) is 11.6 Å². The van der Waals surface area contributed by atoms with Crippen molar-refractivity contribution in [1.29, 1.82) is 10.5 Å². The molecule has 0 unspecified atom stereocenters. The molecule has 0 radical (unpaired) electrons. The third-order valence-electron chi connectivity index (χ3n) is 4.15. The van der Waals surface area contributed by atoms with Crippen molar-refractivity contribution in [3.05, 3.63) is 65.2 Å². The molecule has 0 aliphatic rings. The minimum absolute atomic E-state index is 0.638. The highest BCUT2D eigenvalue weighted by atomic mass is 15.1. The van der Waals surface area contributed by atoms with Crippen LogP contribution in [0.5, 0.6) is 0 Å². The molecule has 0 aromatic heterocycles. The molecule has 0 fully saturated rings. The van der Waals surface area contributed by atoms with Crippen LogP contribution in [0.15, 0.2) is 58.5 Å². The Balaban J connectivity index is 0.00000184. The Morgan fingerprint density at radius 2 is 1.17 bits per heavy atom. The second-order valence-corrected chi connectivity index (χ2v) is 5.74. The zero-order chi connectivity index (χ0) is 22.4. The Kier molecular flexibility index (Phi) is 11.3. The van der Waals surface area contributed by atoms with Crippen molar-refractivity contribution >= 4 is 19.1 Å². The highest BCUT2D eigenvalue weighted by molar-refractivity contribution is 5.52. The van der Waals surface area contributed by atoms with Gasteiger partial charge in [0.05, 0.1) is 12.1 Å². The van der Waals surface area contributed by atoms with Crippen molar-refractivity contribution < 1.29 is 0 Å². The Labute approximate surface area is 175 Å². The van der Waals surface area contributed by atoms with E-state index in [2.05, 4.69) is 23.4 Å². The maximum Gasteiger partial charge on any atom is 0.199 e. The average molecular weight is 390 g/mol. The summed E-state index contributed by atoms with van der Waals surface area (Å²) in [6, 6.07) is 18.9. The number of hydrogen-bond donors (Lipinski definition) is 0. The van der Waals surface area contributed by atoms with Gasteiger partial charge in [-0.15, -0.1) is 0 Å². The Morgan fingerprint density at radius 3 is 1.48 bits per heavy atom. The molecule has 0 amide bonds. The number of nitrogens with zero attached hydrogens (tertiary/aromatic N) is 5. The number of anilines is 1. The van der Waals surface area contributed by atoms with Gasteiger partial charge in [0.25, 0.3) is 0 Å². The molecule has 0 saturated heterocycles. The highest BCUT2D eigenvalue weighted by Gasteiger charge is 2.31. The van der Waals surface area contributed by atoms with Crippen LogP contribution < -0.4 is 4.90 Å². The topological polar surface area (TPSA) is 75.5 Å². The van der Waals surface area contributed by atoms with Crippen LogP contribution >= 0.6 is 0 Å². The number of rotatable bonds is 6. The van der Waals surface area contributed by atoms with Crippen molar-refractivity contribution in [2.24, 2.45) is 9.98 Å². The number of nitriles is 2. The van der Waals surface area contributed by atoms with E-state index in [9.17, 15) is 0 Å². The first-order valence-electron chi connectivity index (χ1n) is 9.65. The molecule has 5 heteroatoms. The molecule has 2 aromatic rings. The van der Waals surface area contributed by atoms with Crippen LogP contribution in [-0.2, 0) is 5.66 Å². The van der Waals surface area contributed by atoms with Gasteiger partial charge >= 0.3 is 0 Å². The summed E-state index contributed by atoms with van der Waals surface area (Å²) in [6.07, 6.45) is 0. The molecule has 5 nitrogen and oxygen atoms in total. The first-order valence-corrected chi connectivity index (χ1v) is 9.65. The van der Waals surface area contributed by atoms with Crippen LogP contribution in [0.4, 0.5) is 5.69 Å². The average Bonchev–Trinajstić information content (AvgIpc) is 2.80. The van der Waals surface area contributed by atoms with Gasteiger partial charge in [-0.2, -0.15) is 10.5 Å². The van der Waals surface area contributed by atoms with Crippen molar-refractivity contribution in [2.75, 3.05) is 19.0 Å². The standard InChI is InChI=1S/C20H19N5.2C2H6/c1-23-20(24-2,18-9-11-19(12-10-18)25(3)4)17-7-5-15(6-8-17)16(13-21)14-22;2*1-2/h5-12,16H,1-2H2,3-4H3;2*1-2H3. The molecular weight excluding hydrogens is 358 g/mol. The lowest BCUT2D eigenvalue weighted by molar-refractivity contribution is 0.584. The van der Waals surface area contributed by atoms with E-state index >= 15 is 0 Å². The van der Waals surface area contributed by atoms with Gasteiger partial charge in [0, 0.05) is 30.9 Å². The molecular formula is C24H31N5. The Bertz CT molecular complexity index is 815. The van der Waals surface area contributed by atoms with E-state index < -0.39 is 11.6 Å². The predicted molar refractivity (Wildman–Crippen MR) is 124 cm³/mol. The minimum atomic E-state index is -1.03. The largest absolute Gasteiger partial charge is 0.378 e. The molecule has 0 N–H and O–H groups in total. The van der Waals surface area contributed by atoms with Gasteiger partial charge in [-0.25, -0.2) is 0 Å². The van der Waals surface area contributed by atoms with E-state index in [1.165, 1.54) is 0 Å². The van der Waals surface area contributed by atoms with Crippen molar-refractivity contribution in [2.45, 2.75) is 39.3 Å². The fourth-order valence-corrected chi connectivity index (χ4v) is 2.66. The summed E-state index contributed by atoms with van der Waals surface area (Å²) in [6.45, 7) is 15.4. The maximum absolute atomic E-state index is 9.02. The van der Waals surface area contributed by atoms with Crippen molar-refractivity contribution in [3.63, 3.8) is 0 Å². The summed E-state index contributed by atoms with van der Waals surface area (Å²) >= 11 is 0. The van der Waals surface area contributed by atoms with Gasteiger partial charge in [-0.1, -0.05) is 64.1 Å². The van der Waals surface area contributed by atoms with E-state index in [1.807, 2.05) is 83.1 Å². The minimum Gasteiger partial charge on any atom is -0.378 e. The van der Waals surface area contributed by atoms with Gasteiger partial charge in [0.1, 0.15) is 0 Å². The third-order valence-corrected chi connectivity index (χ3v) is 4.15. The van der Waals surface area contributed by atoms with Crippen LogP contribution in [0.25, 0.3) is 0 Å². The van der Waals surface area contributed by atoms with Gasteiger partial charge in [0.2, 0.25) is 0 Å². The quantitative estimate of drug-likeness (QED) is 0.609. The first kappa shape index (κ1) is 25.6. The van der Waals surface area contributed by atoms with Crippen LogP contribution in [0.1, 0.15) is 50.3 Å². The summed E-state index contributed by atoms with van der Waals surface area (Å²) < 4.78 is 0. The monoisotopic (exact) mass is 389 g/mol. The van der Waals surface area contributed by atoms with Gasteiger partial charge < -0.3 is 4.90 Å². The van der Waals surface area contributed by atoms with Crippen LogP contribution in [0, 0.1) is 22.7 Å². The Hall–Kier alpha value is -3.44.